The first kappa shape index (κ1) is 15.7. The standard InChI is InChI=1S/C15H17NO4/c1-3-20-15(18)13(5-4-10-16)14(17)11-6-8-12(19-2)9-7-11/h6-9,13H,3-5H2,1-2H3/t13-/m1/s1. The molecule has 5 nitrogen and oxygen atoms in total. The summed E-state index contributed by atoms with van der Waals surface area (Å²) >= 11 is 0. The Bertz CT molecular complexity index is 502. The minimum absolute atomic E-state index is 0.130. The van der Waals surface area contributed by atoms with Crippen LogP contribution in [0.15, 0.2) is 24.3 Å². The van der Waals surface area contributed by atoms with Gasteiger partial charge in [0.25, 0.3) is 0 Å². The van der Waals surface area contributed by atoms with Crippen LogP contribution in [0.1, 0.15) is 30.1 Å². The summed E-state index contributed by atoms with van der Waals surface area (Å²) in [4.78, 5) is 24.1. The smallest absolute Gasteiger partial charge is 0.316 e. The molecule has 5 heteroatoms. The van der Waals surface area contributed by atoms with Crippen LogP contribution in [0.2, 0.25) is 0 Å². The second-order valence-corrected chi connectivity index (χ2v) is 4.09. The van der Waals surface area contributed by atoms with Crippen molar-refractivity contribution >= 4 is 11.8 Å². The molecule has 0 unspecified atom stereocenters. The van der Waals surface area contributed by atoms with E-state index in [9.17, 15) is 9.59 Å². The summed E-state index contributed by atoms with van der Waals surface area (Å²) in [5.74, 6) is -1.21. The summed E-state index contributed by atoms with van der Waals surface area (Å²) in [6.07, 6.45) is 0.297. The van der Waals surface area contributed by atoms with Crippen molar-refractivity contribution in [3.8, 4) is 11.8 Å². The fourth-order valence-corrected chi connectivity index (χ4v) is 1.76. The number of nitrogens with zero attached hydrogens (tertiary/aromatic N) is 1. The predicted octanol–water partition coefficient (Wildman–Crippen LogP) is 2.36. The molecule has 0 aromatic heterocycles. The second kappa shape index (κ2) is 7.95. The van der Waals surface area contributed by atoms with Crippen molar-refractivity contribution in [2.45, 2.75) is 19.8 Å². The van der Waals surface area contributed by atoms with Crippen molar-refractivity contribution in [3.63, 3.8) is 0 Å². The van der Waals surface area contributed by atoms with Crippen molar-refractivity contribution < 1.29 is 19.1 Å². The SMILES string of the molecule is CCOC(=O)[C@H](CCC#N)C(=O)c1ccc(OC)cc1. The molecule has 1 aromatic carbocycles. The molecule has 20 heavy (non-hydrogen) atoms. The molecule has 0 saturated heterocycles. The largest absolute Gasteiger partial charge is 0.497 e. The summed E-state index contributed by atoms with van der Waals surface area (Å²) in [5, 5.41) is 8.62. The Labute approximate surface area is 118 Å². The molecule has 0 bridgehead atoms. The fourth-order valence-electron chi connectivity index (χ4n) is 1.76. The molecule has 0 saturated carbocycles. The number of methoxy groups -OCH3 is 1. The lowest BCUT2D eigenvalue weighted by molar-refractivity contribution is -0.146. The Morgan fingerprint density at radius 1 is 1.30 bits per heavy atom. The van der Waals surface area contributed by atoms with Gasteiger partial charge in [-0.3, -0.25) is 9.59 Å². The van der Waals surface area contributed by atoms with Crippen LogP contribution < -0.4 is 4.74 Å². The highest BCUT2D eigenvalue weighted by Gasteiger charge is 2.28. The van der Waals surface area contributed by atoms with Crippen molar-refractivity contribution in [1.29, 1.82) is 5.26 Å². The Balaban J connectivity index is 2.90. The zero-order valence-corrected chi connectivity index (χ0v) is 11.6. The van der Waals surface area contributed by atoms with Gasteiger partial charge in [-0.15, -0.1) is 0 Å². The van der Waals surface area contributed by atoms with E-state index in [-0.39, 0.29) is 25.2 Å². The Hall–Kier alpha value is -2.35. The molecule has 106 valence electrons. The first-order valence-corrected chi connectivity index (χ1v) is 6.35. The molecule has 1 atom stereocenters. The van der Waals surface area contributed by atoms with Crippen molar-refractivity contribution in [2.75, 3.05) is 13.7 Å². The van der Waals surface area contributed by atoms with Gasteiger partial charge in [-0.05, 0) is 37.6 Å². The van der Waals surface area contributed by atoms with E-state index in [4.69, 9.17) is 14.7 Å². The topological polar surface area (TPSA) is 76.4 Å². The van der Waals surface area contributed by atoms with Crippen molar-refractivity contribution in [3.05, 3.63) is 29.8 Å². The third-order valence-electron chi connectivity index (χ3n) is 2.81. The lowest BCUT2D eigenvalue weighted by atomic mass is 9.93. The first-order chi connectivity index (χ1) is 9.63. The number of hydrogen-bond donors (Lipinski definition) is 0. The number of nitriles is 1. The van der Waals surface area contributed by atoms with E-state index in [1.54, 1.807) is 31.2 Å². The summed E-state index contributed by atoms with van der Waals surface area (Å²) in [6.45, 7) is 1.88. The molecule has 0 spiro atoms. The van der Waals surface area contributed by atoms with E-state index in [0.717, 1.165) is 0 Å². The van der Waals surface area contributed by atoms with E-state index in [1.165, 1.54) is 7.11 Å². The van der Waals surface area contributed by atoms with Crippen molar-refractivity contribution in [1.82, 2.24) is 0 Å². The van der Waals surface area contributed by atoms with Gasteiger partial charge >= 0.3 is 5.97 Å². The summed E-state index contributed by atoms with van der Waals surface area (Å²) < 4.78 is 9.91. The number of benzene rings is 1. The predicted molar refractivity (Wildman–Crippen MR) is 72.3 cm³/mol. The van der Waals surface area contributed by atoms with E-state index >= 15 is 0 Å². The number of ketones is 1. The van der Waals surface area contributed by atoms with Crippen LogP contribution >= 0.6 is 0 Å². The molecular formula is C15H17NO4. The molecule has 0 aliphatic heterocycles. The number of esters is 1. The van der Waals surface area contributed by atoms with Crippen LogP contribution in [0.3, 0.4) is 0 Å². The van der Waals surface area contributed by atoms with Gasteiger partial charge < -0.3 is 9.47 Å². The first-order valence-electron chi connectivity index (χ1n) is 6.35. The van der Waals surface area contributed by atoms with Gasteiger partial charge in [0.1, 0.15) is 11.7 Å². The van der Waals surface area contributed by atoms with E-state index < -0.39 is 11.9 Å². The highest BCUT2D eigenvalue weighted by atomic mass is 16.5. The Kier molecular flexibility index (Phi) is 6.24. The number of Topliss-reactive ketones (excluding diaryl/α,β-unsaturated/α-hetero) is 1. The fraction of sp³-hybridized carbons (Fsp3) is 0.400. The van der Waals surface area contributed by atoms with Gasteiger partial charge in [0.15, 0.2) is 5.78 Å². The maximum atomic E-state index is 12.3. The molecule has 0 radical (unpaired) electrons. The number of rotatable bonds is 7. The molecule has 0 fully saturated rings. The molecule has 0 aliphatic rings. The molecular weight excluding hydrogens is 258 g/mol. The zero-order valence-electron chi connectivity index (χ0n) is 11.6. The van der Waals surface area contributed by atoms with Gasteiger partial charge in [-0.2, -0.15) is 5.26 Å². The van der Waals surface area contributed by atoms with Crippen LogP contribution in [0.25, 0.3) is 0 Å². The zero-order chi connectivity index (χ0) is 15.0. The van der Waals surface area contributed by atoms with E-state index in [0.29, 0.717) is 11.3 Å². The minimum Gasteiger partial charge on any atom is -0.497 e. The average Bonchev–Trinajstić information content (AvgIpc) is 2.48. The number of hydrogen-bond acceptors (Lipinski definition) is 5. The van der Waals surface area contributed by atoms with E-state index in [1.807, 2.05) is 6.07 Å². The Morgan fingerprint density at radius 3 is 2.45 bits per heavy atom. The molecule has 0 heterocycles. The molecule has 1 rings (SSSR count). The van der Waals surface area contributed by atoms with Crippen LogP contribution in [-0.2, 0) is 9.53 Å². The monoisotopic (exact) mass is 275 g/mol. The van der Waals surface area contributed by atoms with Crippen LogP contribution in [0, 0.1) is 17.2 Å². The second-order valence-electron chi connectivity index (χ2n) is 4.09. The average molecular weight is 275 g/mol. The highest BCUT2D eigenvalue weighted by molar-refractivity contribution is 6.08. The third kappa shape index (κ3) is 4.09. The Morgan fingerprint density at radius 2 is 1.95 bits per heavy atom. The van der Waals surface area contributed by atoms with Crippen LogP contribution in [0.4, 0.5) is 0 Å². The number of carbonyl (C=O) groups excluding carboxylic acids is 2. The maximum absolute atomic E-state index is 12.3. The maximum Gasteiger partial charge on any atom is 0.316 e. The molecule has 1 aromatic rings. The van der Waals surface area contributed by atoms with Crippen LogP contribution in [0.5, 0.6) is 5.75 Å². The van der Waals surface area contributed by atoms with Crippen molar-refractivity contribution in [2.24, 2.45) is 5.92 Å². The van der Waals surface area contributed by atoms with E-state index in [2.05, 4.69) is 0 Å². The lowest BCUT2D eigenvalue weighted by Crippen LogP contribution is -2.26. The summed E-state index contributed by atoms with van der Waals surface area (Å²) in [6, 6.07) is 8.44. The molecule has 0 amide bonds. The highest BCUT2D eigenvalue weighted by Crippen LogP contribution is 2.19. The summed E-state index contributed by atoms with van der Waals surface area (Å²) in [7, 11) is 1.53. The third-order valence-corrected chi connectivity index (χ3v) is 2.81. The molecule has 0 N–H and O–H groups in total. The van der Waals surface area contributed by atoms with Crippen LogP contribution in [-0.4, -0.2) is 25.5 Å². The minimum atomic E-state index is -0.928. The van der Waals surface area contributed by atoms with Gasteiger partial charge in [0, 0.05) is 12.0 Å². The lowest BCUT2D eigenvalue weighted by Gasteiger charge is -2.13. The van der Waals surface area contributed by atoms with Gasteiger partial charge in [0.2, 0.25) is 0 Å². The van der Waals surface area contributed by atoms with Gasteiger partial charge in [-0.25, -0.2) is 0 Å². The summed E-state index contributed by atoms with van der Waals surface area (Å²) in [5.41, 5.74) is 0.404. The number of carbonyl (C=O) groups is 2. The normalized spacial score (nSPS) is 11.2. The molecule has 0 aliphatic carbocycles. The van der Waals surface area contributed by atoms with Gasteiger partial charge in [0.05, 0.1) is 19.8 Å². The van der Waals surface area contributed by atoms with Gasteiger partial charge in [-0.1, -0.05) is 0 Å². The quantitative estimate of drug-likeness (QED) is 0.433. The number of ether oxygens (including phenoxy) is 2.